The van der Waals surface area contributed by atoms with Crippen LogP contribution in [0.15, 0.2) is 60.8 Å². The SMILES string of the molecule is COC(=O)N[C@H](C(=O)N1CCC[C@H]1c1ncc(-c2ccc3c(c2)C(F)(F)c2cc(-c4ccc5nc([C@H]6N[C@@H]7CC[C@@H]6C7)[nH]c5c4)ccc2-3)[nH]1)[C@@H](C)OC.Cl.Cl.Cl. The van der Waals surface area contributed by atoms with Crippen LogP contribution in [0, 0.1) is 5.92 Å². The minimum Gasteiger partial charge on any atom is -0.453 e. The van der Waals surface area contributed by atoms with Gasteiger partial charge < -0.3 is 35.0 Å². The summed E-state index contributed by atoms with van der Waals surface area (Å²) in [5, 5.41) is 6.28. The predicted molar refractivity (Wildman–Crippen MR) is 216 cm³/mol. The van der Waals surface area contributed by atoms with Crippen molar-refractivity contribution in [3.8, 4) is 33.5 Å². The molecule has 11 nitrogen and oxygen atoms in total. The number of hydrogen-bond acceptors (Lipinski definition) is 7. The number of ether oxygens (including phenoxy) is 2. The molecule has 0 spiro atoms. The number of alkyl carbamates (subject to hydrolysis) is 1. The van der Waals surface area contributed by atoms with E-state index in [1.54, 1.807) is 36.2 Å². The Hall–Kier alpha value is -4.27. The Kier molecular flexibility index (Phi) is 11.8. The number of carbonyl (C=O) groups excluding carboxylic acids is 2. The highest BCUT2D eigenvalue weighted by Crippen LogP contribution is 2.53. The molecular weight excluding hydrogens is 787 g/mol. The molecule has 16 heteroatoms. The van der Waals surface area contributed by atoms with Crippen LogP contribution in [0.4, 0.5) is 13.6 Å². The number of nitrogens with zero attached hydrogens (tertiary/aromatic N) is 3. The van der Waals surface area contributed by atoms with E-state index in [-0.39, 0.29) is 66.3 Å². The average molecular weight is 831 g/mol. The maximum atomic E-state index is 16.4. The van der Waals surface area contributed by atoms with Crippen molar-refractivity contribution in [2.45, 2.75) is 75.2 Å². The quantitative estimate of drug-likeness (QED) is 0.124. The van der Waals surface area contributed by atoms with Gasteiger partial charge in [0.25, 0.3) is 5.92 Å². The smallest absolute Gasteiger partial charge is 0.407 e. The van der Waals surface area contributed by atoms with Crippen molar-refractivity contribution in [3.05, 3.63) is 83.6 Å². The monoisotopic (exact) mass is 829 g/mol. The third kappa shape index (κ3) is 6.91. The van der Waals surface area contributed by atoms with Gasteiger partial charge in [-0.25, -0.2) is 14.8 Å². The molecule has 6 atom stereocenters. The highest BCUT2D eigenvalue weighted by atomic mass is 35.5. The summed E-state index contributed by atoms with van der Waals surface area (Å²) >= 11 is 0. The van der Waals surface area contributed by atoms with Gasteiger partial charge in [-0.3, -0.25) is 4.79 Å². The van der Waals surface area contributed by atoms with Gasteiger partial charge in [0.05, 0.1) is 48.2 Å². The minimum atomic E-state index is -3.22. The Morgan fingerprint density at radius 2 is 1.61 bits per heavy atom. The van der Waals surface area contributed by atoms with E-state index >= 15 is 8.78 Å². The zero-order valence-electron chi connectivity index (χ0n) is 30.9. The second kappa shape index (κ2) is 15.9. The zero-order valence-corrected chi connectivity index (χ0v) is 33.4. The number of piperidine rings is 1. The number of amides is 2. The maximum absolute atomic E-state index is 16.4. The number of rotatable bonds is 8. The van der Waals surface area contributed by atoms with Crippen molar-refractivity contribution < 1.29 is 27.8 Å². The summed E-state index contributed by atoms with van der Waals surface area (Å²) in [7, 11) is 2.70. The molecule has 2 aliphatic heterocycles. The predicted octanol–water partition coefficient (Wildman–Crippen LogP) is 8.24. The molecule has 9 rings (SSSR count). The van der Waals surface area contributed by atoms with Crippen LogP contribution in [0.3, 0.4) is 0 Å². The number of H-pyrrole nitrogens is 2. The second-order valence-corrected chi connectivity index (χ2v) is 14.8. The van der Waals surface area contributed by atoms with E-state index in [1.807, 2.05) is 30.3 Å². The molecule has 0 radical (unpaired) electrons. The molecule has 3 fully saturated rings. The van der Waals surface area contributed by atoms with Gasteiger partial charge in [0.2, 0.25) is 5.91 Å². The Morgan fingerprint density at radius 3 is 2.29 bits per heavy atom. The molecule has 2 aromatic heterocycles. The summed E-state index contributed by atoms with van der Waals surface area (Å²) in [4.78, 5) is 43.6. The molecule has 56 heavy (non-hydrogen) atoms. The minimum absolute atomic E-state index is 0. The van der Waals surface area contributed by atoms with Gasteiger partial charge in [-0.2, -0.15) is 8.78 Å². The van der Waals surface area contributed by atoms with Crippen molar-refractivity contribution in [2.75, 3.05) is 20.8 Å². The molecule has 2 amide bonds. The molecule has 4 aliphatic rings. The topological polar surface area (TPSA) is 137 Å². The number of benzene rings is 3. The summed E-state index contributed by atoms with van der Waals surface area (Å²) in [6.07, 6.45) is 5.30. The average Bonchev–Trinajstić information content (AvgIpc) is 4.04. The fourth-order valence-electron chi connectivity index (χ4n) is 8.94. The molecule has 298 valence electrons. The van der Waals surface area contributed by atoms with E-state index in [2.05, 4.69) is 25.6 Å². The lowest BCUT2D eigenvalue weighted by Gasteiger charge is -2.30. The first-order chi connectivity index (χ1) is 25.6. The Labute approximate surface area is 341 Å². The number of fused-ring (bicyclic) bond motifs is 6. The molecule has 2 bridgehead atoms. The molecule has 2 saturated heterocycles. The molecule has 4 N–H and O–H groups in total. The lowest BCUT2D eigenvalue weighted by molar-refractivity contribution is -0.137. The molecule has 4 heterocycles. The summed E-state index contributed by atoms with van der Waals surface area (Å²) in [6, 6.07) is 15.8. The number of nitrogens with one attached hydrogen (secondary N) is 4. The molecule has 1 saturated carbocycles. The standard InChI is InChI=1S/C40H41F2N7O4.3ClH/c1-20(52-2)34(48-39(51)53-3)38(50)49-14-4-5-33(49)36-43-19-32(47-36)23-8-12-27-26-11-7-21(16-28(26)40(41,42)29(27)17-23)22-9-13-30-31(18-22)46-37(45-30)35-24-6-10-25(15-24)44-35;;;/h7-9,11-13,16-20,24-25,33-35,44H,4-6,10,14-15H2,1-3H3,(H,43,47)(H,45,46)(H,48,51);3*1H/t20-,24-,25-,33+,34+,35+;;;/m1.../s1. The van der Waals surface area contributed by atoms with E-state index in [0.717, 1.165) is 28.8 Å². The highest BCUT2D eigenvalue weighted by molar-refractivity contribution is 5.88. The maximum Gasteiger partial charge on any atom is 0.407 e. The second-order valence-electron chi connectivity index (χ2n) is 14.8. The van der Waals surface area contributed by atoms with Gasteiger partial charge in [-0.15, -0.1) is 37.2 Å². The van der Waals surface area contributed by atoms with Crippen molar-refractivity contribution in [1.82, 2.24) is 35.5 Å². The van der Waals surface area contributed by atoms with E-state index in [0.29, 0.717) is 58.7 Å². The number of alkyl halides is 2. The van der Waals surface area contributed by atoms with Crippen molar-refractivity contribution >= 4 is 60.3 Å². The molecule has 2 aliphatic carbocycles. The first kappa shape index (κ1) is 41.4. The lowest BCUT2D eigenvalue weighted by Crippen LogP contribution is -2.54. The number of halogens is 5. The van der Waals surface area contributed by atoms with E-state index in [4.69, 9.17) is 14.5 Å². The first-order valence-corrected chi connectivity index (χ1v) is 18.3. The normalized spacial score (nSPS) is 22.3. The van der Waals surface area contributed by atoms with Crippen LogP contribution < -0.4 is 10.6 Å². The molecular formula is C40H44Cl3F2N7O4. The number of imidazole rings is 2. The number of aromatic nitrogens is 4. The largest absolute Gasteiger partial charge is 0.453 e. The van der Waals surface area contributed by atoms with Crippen LogP contribution in [0.2, 0.25) is 0 Å². The van der Waals surface area contributed by atoms with E-state index < -0.39 is 24.2 Å². The van der Waals surface area contributed by atoms with Crippen LogP contribution in [0.25, 0.3) is 44.5 Å². The number of aromatic amines is 2. The van der Waals surface area contributed by atoms with E-state index in [9.17, 15) is 9.59 Å². The van der Waals surface area contributed by atoms with Crippen molar-refractivity contribution in [2.24, 2.45) is 5.92 Å². The Bertz CT molecular complexity index is 2270. The third-order valence-electron chi connectivity index (χ3n) is 11.8. The number of likely N-dealkylation sites (tertiary alicyclic amines) is 1. The summed E-state index contributed by atoms with van der Waals surface area (Å²) in [5.74, 6) is -1.44. The fraction of sp³-hybridized carbons (Fsp3) is 0.400. The van der Waals surface area contributed by atoms with Crippen molar-refractivity contribution in [3.63, 3.8) is 0 Å². The van der Waals surface area contributed by atoms with Crippen LogP contribution in [0.5, 0.6) is 0 Å². The number of carbonyl (C=O) groups is 2. The van der Waals surface area contributed by atoms with Crippen LogP contribution in [-0.2, 0) is 20.2 Å². The van der Waals surface area contributed by atoms with Gasteiger partial charge in [-0.1, -0.05) is 30.3 Å². The molecule has 3 aromatic carbocycles. The first-order valence-electron chi connectivity index (χ1n) is 18.3. The van der Waals surface area contributed by atoms with Crippen LogP contribution in [-0.4, -0.2) is 75.8 Å². The van der Waals surface area contributed by atoms with Gasteiger partial charge in [0, 0.05) is 36.4 Å². The fourth-order valence-corrected chi connectivity index (χ4v) is 8.94. The number of methoxy groups -OCH3 is 2. The van der Waals surface area contributed by atoms with Gasteiger partial charge >= 0.3 is 6.09 Å². The van der Waals surface area contributed by atoms with Crippen molar-refractivity contribution in [1.29, 1.82) is 0 Å². The summed E-state index contributed by atoms with van der Waals surface area (Å²) in [5.41, 5.74) is 5.38. The Morgan fingerprint density at radius 1 is 0.911 bits per heavy atom. The highest BCUT2D eigenvalue weighted by Gasteiger charge is 2.45. The molecule has 5 aromatic rings. The van der Waals surface area contributed by atoms with Crippen LogP contribution >= 0.6 is 37.2 Å². The zero-order chi connectivity index (χ0) is 36.6. The van der Waals surface area contributed by atoms with Gasteiger partial charge in [0.1, 0.15) is 17.7 Å². The van der Waals surface area contributed by atoms with E-state index in [1.165, 1.54) is 39.5 Å². The summed E-state index contributed by atoms with van der Waals surface area (Å²) < 4.78 is 42.8. The van der Waals surface area contributed by atoms with Gasteiger partial charge in [-0.05, 0) is 91.5 Å². The van der Waals surface area contributed by atoms with Gasteiger partial charge in [0.15, 0.2) is 0 Å². The molecule has 0 unspecified atom stereocenters. The lowest BCUT2D eigenvalue weighted by atomic mass is 9.98. The third-order valence-corrected chi connectivity index (χ3v) is 11.8. The van der Waals surface area contributed by atoms with Crippen LogP contribution in [0.1, 0.15) is 73.9 Å². The number of hydrogen-bond donors (Lipinski definition) is 4. The Balaban J connectivity index is 0.00000177. The summed E-state index contributed by atoms with van der Waals surface area (Å²) in [6.45, 7) is 2.17.